The molecule has 7 nitrogen and oxygen atoms in total. The van der Waals surface area contributed by atoms with Crippen molar-refractivity contribution in [2.45, 2.75) is 24.7 Å². The fourth-order valence-electron chi connectivity index (χ4n) is 3.57. The molecule has 0 saturated heterocycles. The molecule has 0 atom stereocenters. The zero-order valence-corrected chi connectivity index (χ0v) is 17.5. The molecule has 29 heavy (non-hydrogen) atoms. The summed E-state index contributed by atoms with van der Waals surface area (Å²) in [7, 11) is -7.22. The number of nitrogens with one attached hydrogen (secondary N) is 1. The zero-order chi connectivity index (χ0) is 20.6. The number of aryl methyl sites for hydroxylation is 1. The van der Waals surface area contributed by atoms with E-state index >= 15 is 0 Å². The van der Waals surface area contributed by atoms with Gasteiger partial charge < -0.3 is 0 Å². The van der Waals surface area contributed by atoms with Gasteiger partial charge in [-0.1, -0.05) is 18.2 Å². The van der Waals surface area contributed by atoms with Crippen LogP contribution in [0, 0.1) is 0 Å². The smallest absolute Gasteiger partial charge is 0.264 e. The molecule has 0 unspecified atom stereocenters. The Bertz CT molecular complexity index is 1280. The lowest BCUT2D eigenvalue weighted by Gasteiger charge is -2.30. The van der Waals surface area contributed by atoms with Crippen molar-refractivity contribution in [1.29, 1.82) is 0 Å². The van der Waals surface area contributed by atoms with Crippen molar-refractivity contribution in [2.24, 2.45) is 0 Å². The SMILES string of the molecule is CCS(=O)(=O)N1CCCc2cc(NS(=O)(=O)c3cccc4cccnc34)ccc21. The largest absolute Gasteiger partial charge is 0.280 e. The van der Waals surface area contributed by atoms with E-state index in [9.17, 15) is 16.8 Å². The molecule has 2 aromatic carbocycles. The van der Waals surface area contributed by atoms with E-state index in [1.165, 1.54) is 10.4 Å². The molecule has 0 amide bonds. The van der Waals surface area contributed by atoms with Crippen LogP contribution < -0.4 is 9.03 Å². The van der Waals surface area contributed by atoms with E-state index in [1.807, 2.05) is 12.1 Å². The average molecular weight is 432 g/mol. The summed E-state index contributed by atoms with van der Waals surface area (Å²) in [6.07, 6.45) is 2.94. The summed E-state index contributed by atoms with van der Waals surface area (Å²) < 4.78 is 54.7. The number of hydrogen-bond acceptors (Lipinski definition) is 5. The van der Waals surface area contributed by atoms with Crippen molar-refractivity contribution in [2.75, 3.05) is 21.3 Å². The number of rotatable bonds is 5. The second kappa shape index (κ2) is 7.31. The van der Waals surface area contributed by atoms with Gasteiger partial charge in [0.15, 0.2) is 0 Å². The number of pyridine rings is 1. The number of anilines is 2. The van der Waals surface area contributed by atoms with Crippen molar-refractivity contribution in [3.63, 3.8) is 0 Å². The Hall–Kier alpha value is -2.65. The molecule has 0 saturated carbocycles. The highest BCUT2D eigenvalue weighted by atomic mass is 32.2. The Balaban J connectivity index is 1.70. The molecule has 0 fully saturated rings. The van der Waals surface area contributed by atoms with E-state index < -0.39 is 20.0 Å². The number of benzene rings is 2. The summed E-state index contributed by atoms with van der Waals surface area (Å²) >= 11 is 0. The normalized spacial score (nSPS) is 14.6. The molecule has 0 aliphatic carbocycles. The van der Waals surface area contributed by atoms with Gasteiger partial charge in [-0.05, 0) is 55.7 Å². The molecular formula is C20H21N3O4S2. The maximum atomic E-state index is 13.0. The lowest BCUT2D eigenvalue weighted by molar-refractivity contribution is 0.587. The highest BCUT2D eigenvalue weighted by Gasteiger charge is 2.27. The summed E-state index contributed by atoms with van der Waals surface area (Å²) in [5.74, 6) is 0.0227. The van der Waals surface area contributed by atoms with Crippen LogP contribution in [0.2, 0.25) is 0 Å². The van der Waals surface area contributed by atoms with Gasteiger partial charge in [-0.2, -0.15) is 0 Å². The Kier molecular flexibility index (Phi) is 4.95. The zero-order valence-electron chi connectivity index (χ0n) is 15.9. The Morgan fingerprint density at radius 1 is 1.07 bits per heavy atom. The first-order valence-electron chi connectivity index (χ1n) is 9.32. The second-order valence-electron chi connectivity index (χ2n) is 6.86. The fraction of sp³-hybridized carbons (Fsp3) is 0.250. The Labute approximate surface area is 170 Å². The monoisotopic (exact) mass is 431 g/mol. The van der Waals surface area contributed by atoms with Crippen LogP contribution in [-0.4, -0.2) is 34.1 Å². The van der Waals surface area contributed by atoms with Gasteiger partial charge >= 0.3 is 0 Å². The van der Waals surface area contributed by atoms with Crippen LogP contribution in [0.4, 0.5) is 11.4 Å². The standard InChI is InChI=1S/C20H21N3O4S2/c1-2-28(24,25)23-13-5-8-16-14-17(10-11-18(16)23)22-29(26,27)19-9-3-6-15-7-4-12-21-20(15)19/h3-4,6-7,9-12,14,22H,2,5,8,13H2,1H3. The molecule has 9 heteroatoms. The van der Waals surface area contributed by atoms with Crippen molar-refractivity contribution in [3.8, 4) is 0 Å². The predicted molar refractivity (Wildman–Crippen MR) is 114 cm³/mol. The van der Waals surface area contributed by atoms with Crippen molar-refractivity contribution >= 4 is 42.3 Å². The Morgan fingerprint density at radius 2 is 1.86 bits per heavy atom. The minimum absolute atomic E-state index is 0.0227. The molecular weight excluding hydrogens is 410 g/mol. The topological polar surface area (TPSA) is 96.4 Å². The summed E-state index contributed by atoms with van der Waals surface area (Å²) in [6.45, 7) is 2.06. The van der Waals surface area contributed by atoms with Crippen molar-refractivity contribution in [3.05, 3.63) is 60.3 Å². The number of sulfonamides is 2. The molecule has 1 aromatic heterocycles. The van der Waals surface area contributed by atoms with Gasteiger partial charge in [0.25, 0.3) is 10.0 Å². The van der Waals surface area contributed by atoms with E-state index in [4.69, 9.17) is 0 Å². The van der Waals surface area contributed by atoms with E-state index in [1.54, 1.807) is 43.5 Å². The first-order chi connectivity index (χ1) is 13.8. The van der Waals surface area contributed by atoms with Crippen molar-refractivity contribution in [1.82, 2.24) is 4.98 Å². The first-order valence-corrected chi connectivity index (χ1v) is 12.4. The Morgan fingerprint density at radius 3 is 2.66 bits per heavy atom. The van der Waals surface area contributed by atoms with Gasteiger partial charge in [0, 0.05) is 23.8 Å². The lowest BCUT2D eigenvalue weighted by Crippen LogP contribution is -2.36. The van der Waals surface area contributed by atoms with Gasteiger partial charge in [-0.25, -0.2) is 16.8 Å². The van der Waals surface area contributed by atoms with E-state index in [0.717, 1.165) is 10.9 Å². The summed E-state index contributed by atoms with van der Waals surface area (Å²) in [5, 5.41) is 0.737. The molecule has 1 aliphatic heterocycles. The van der Waals surface area contributed by atoms with Crippen LogP contribution in [0.3, 0.4) is 0 Å². The van der Waals surface area contributed by atoms with Crippen LogP contribution in [-0.2, 0) is 26.5 Å². The number of aromatic nitrogens is 1. The van der Waals surface area contributed by atoms with E-state index in [-0.39, 0.29) is 10.6 Å². The minimum atomic E-state index is -3.86. The summed E-state index contributed by atoms with van der Waals surface area (Å²) in [5.41, 5.74) is 2.23. The minimum Gasteiger partial charge on any atom is -0.280 e. The summed E-state index contributed by atoms with van der Waals surface area (Å²) in [4.78, 5) is 4.31. The molecule has 0 radical (unpaired) electrons. The van der Waals surface area contributed by atoms with Crippen LogP contribution in [0.5, 0.6) is 0 Å². The highest BCUT2D eigenvalue weighted by molar-refractivity contribution is 7.93. The average Bonchev–Trinajstić information content (AvgIpc) is 2.72. The van der Waals surface area contributed by atoms with Gasteiger partial charge in [-0.3, -0.25) is 14.0 Å². The number of hydrogen-bond donors (Lipinski definition) is 1. The predicted octanol–water partition coefficient (Wildman–Crippen LogP) is 3.14. The molecule has 1 aliphatic rings. The molecule has 152 valence electrons. The quantitative estimate of drug-likeness (QED) is 0.669. The lowest BCUT2D eigenvalue weighted by atomic mass is 10.0. The maximum Gasteiger partial charge on any atom is 0.264 e. The number of para-hydroxylation sites is 1. The van der Waals surface area contributed by atoms with Crippen LogP contribution in [0.15, 0.2) is 59.6 Å². The summed E-state index contributed by atoms with van der Waals surface area (Å²) in [6, 6.07) is 13.5. The van der Waals surface area contributed by atoms with Gasteiger partial charge in [0.2, 0.25) is 10.0 Å². The van der Waals surface area contributed by atoms with Crippen LogP contribution in [0.1, 0.15) is 18.9 Å². The van der Waals surface area contributed by atoms with Gasteiger partial charge in [-0.15, -0.1) is 0 Å². The molecule has 4 rings (SSSR count). The molecule has 2 heterocycles. The highest BCUT2D eigenvalue weighted by Crippen LogP contribution is 2.32. The van der Waals surface area contributed by atoms with Gasteiger partial charge in [0.1, 0.15) is 4.90 Å². The van der Waals surface area contributed by atoms with Crippen LogP contribution >= 0.6 is 0 Å². The van der Waals surface area contributed by atoms with Crippen molar-refractivity contribution < 1.29 is 16.8 Å². The van der Waals surface area contributed by atoms with E-state index in [0.29, 0.717) is 36.3 Å². The van der Waals surface area contributed by atoms with E-state index in [2.05, 4.69) is 9.71 Å². The number of nitrogens with zero attached hydrogens (tertiary/aromatic N) is 2. The third kappa shape index (κ3) is 3.67. The maximum absolute atomic E-state index is 13.0. The first kappa shape index (κ1) is 19.7. The fourth-order valence-corrected chi connectivity index (χ4v) is 6.00. The molecule has 0 bridgehead atoms. The molecule has 1 N–H and O–H groups in total. The number of fused-ring (bicyclic) bond motifs is 2. The second-order valence-corrected chi connectivity index (χ2v) is 10.7. The third-order valence-electron chi connectivity index (χ3n) is 4.99. The molecule has 0 spiro atoms. The molecule has 3 aromatic rings. The van der Waals surface area contributed by atoms with Crippen LogP contribution in [0.25, 0.3) is 10.9 Å². The van der Waals surface area contributed by atoms with Gasteiger partial charge in [0.05, 0.1) is 17.0 Å². The third-order valence-corrected chi connectivity index (χ3v) is 8.19.